The highest BCUT2D eigenvalue weighted by Crippen LogP contribution is 2.13. The van der Waals surface area contributed by atoms with Crippen LogP contribution in [0.4, 0.5) is 0 Å². The summed E-state index contributed by atoms with van der Waals surface area (Å²) >= 11 is 0. The molecule has 1 aliphatic heterocycles. The molecule has 1 heterocycles. The molecule has 0 aromatic heterocycles. The molecule has 0 aromatic carbocycles. The Morgan fingerprint density at radius 1 is 0.952 bits per heavy atom. The first-order valence-corrected chi connectivity index (χ1v) is 7.23. The van der Waals surface area contributed by atoms with Crippen LogP contribution in [0.2, 0.25) is 0 Å². The number of rotatable bonds is 10. The van der Waals surface area contributed by atoms with E-state index in [1.165, 1.54) is 0 Å². The predicted molar refractivity (Wildman–Crippen MR) is 71.6 cm³/mol. The molecule has 21 heavy (non-hydrogen) atoms. The molecule has 118 valence electrons. The number of hydrogen-bond acceptors (Lipinski definition) is 6. The van der Waals surface area contributed by atoms with Crippen molar-refractivity contribution in [2.24, 2.45) is 0 Å². The van der Waals surface area contributed by atoms with Crippen LogP contribution in [0.5, 0.6) is 0 Å². The van der Waals surface area contributed by atoms with Gasteiger partial charge in [0.2, 0.25) is 0 Å². The quantitative estimate of drug-likeness (QED) is 0.475. The molecule has 0 bridgehead atoms. The minimum absolute atomic E-state index is 0.000556. The number of hydrogen-bond donors (Lipinski definition) is 1. The van der Waals surface area contributed by atoms with Gasteiger partial charge >= 0.3 is 5.97 Å². The highest BCUT2D eigenvalue weighted by atomic mass is 16.7. The number of carbonyl (C=O) groups excluding carboxylic acids is 4. The Balaban J connectivity index is 2.11. The van der Waals surface area contributed by atoms with Crippen molar-refractivity contribution in [1.82, 2.24) is 5.06 Å². The molecule has 1 aliphatic rings. The second-order valence-electron chi connectivity index (χ2n) is 4.97. The lowest BCUT2D eigenvalue weighted by Crippen LogP contribution is -2.32. The summed E-state index contributed by atoms with van der Waals surface area (Å²) in [6.45, 7) is 0.133. The highest BCUT2D eigenvalue weighted by molar-refractivity contribution is 6.01. The lowest BCUT2D eigenvalue weighted by Gasteiger charge is -2.12. The highest BCUT2D eigenvalue weighted by Gasteiger charge is 2.32. The van der Waals surface area contributed by atoms with Gasteiger partial charge in [0.15, 0.2) is 0 Å². The summed E-state index contributed by atoms with van der Waals surface area (Å²) in [6.07, 6.45) is 3.43. The number of amides is 2. The van der Waals surface area contributed by atoms with Gasteiger partial charge in [-0.2, -0.15) is 0 Å². The first-order chi connectivity index (χ1) is 10.0. The van der Waals surface area contributed by atoms with E-state index in [1.54, 1.807) is 0 Å². The summed E-state index contributed by atoms with van der Waals surface area (Å²) < 4.78 is 0. The van der Waals surface area contributed by atoms with Gasteiger partial charge in [-0.15, -0.1) is 5.06 Å². The lowest BCUT2D eigenvalue weighted by atomic mass is 10.1. The van der Waals surface area contributed by atoms with Crippen molar-refractivity contribution < 1.29 is 29.1 Å². The second-order valence-corrected chi connectivity index (χ2v) is 4.97. The van der Waals surface area contributed by atoms with E-state index in [1.807, 2.05) is 0 Å². The summed E-state index contributed by atoms with van der Waals surface area (Å²) in [7, 11) is 0. The molecule has 0 saturated carbocycles. The molecular weight excluding hydrogens is 278 g/mol. The van der Waals surface area contributed by atoms with E-state index in [0.29, 0.717) is 24.3 Å². The van der Waals surface area contributed by atoms with Crippen LogP contribution in [0.25, 0.3) is 0 Å². The van der Waals surface area contributed by atoms with Gasteiger partial charge in [0.25, 0.3) is 11.8 Å². The Morgan fingerprint density at radius 3 is 2.19 bits per heavy atom. The number of ketones is 1. The van der Waals surface area contributed by atoms with E-state index in [4.69, 9.17) is 5.11 Å². The van der Waals surface area contributed by atoms with Gasteiger partial charge in [-0.25, -0.2) is 4.79 Å². The fraction of sp³-hybridized carbons (Fsp3) is 0.714. The minimum atomic E-state index is -0.674. The van der Waals surface area contributed by atoms with Crippen molar-refractivity contribution >= 4 is 23.6 Å². The van der Waals surface area contributed by atoms with Crippen LogP contribution in [0.15, 0.2) is 0 Å². The van der Waals surface area contributed by atoms with E-state index in [0.717, 1.165) is 12.8 Å². The molecule has 0 atom stereocenters. The number of carbonyl (C=O) groups is 4. The zero-order valence-corrected chi connectivity index (χ0v) is 12.0. The minimum Gasteiger partial charge on any atom is -0.396 e. The molecule has 0 unspecified atom stereocenters. The topological polar surface area (TPSA) is 101 Å². The molecule has 7 nitrogen and oxygen atoms in total. The number of imide groups is 1. The summed E-state index contributed by atoms with van der Waals surface area (Å²) in [5.74, 6) is -1.62. The van der Waals surface area contributed by atoms with Crippen molar-refractivity contribution in [2.75, 3.05) is 6.61 Å². The lowest BCUT2D eigenvalue weighted by molar-refractivity contribution is -0.197. The van der Waals surface area contributed by atoms with E-state index >= 15 is 0 Å². The largest absolute Gasteiger partial charge is 0.396 e. The maximum absolute atomic E-state index is 11.5. The van der Waals surface area contributed by atoms with Crippen LogP contribution < -0.4 is 0 Å². The molecule has 1 fully saturated rings. The smallest absolute Gasteiger partial charge is 0.333 e. The van der Waals surface area contributed by atoms with Crippen LogP contribution in [0.3, 0.4) is 0 Å². The molecule has 2 amide bonds. The van der Waals surface area contributed by atoms with Crippen molar-refractivity contribution in [3.8, 4) is 0 Å². The number of hydroxylamine groups is 2. The first-order valence-electron chi connectivity index (χ1n) is 7.23. The van der Waals surface area contributed by atoms with Gasteiger partial charge in [0.1, 0.15) is 5.78 Å². The van der Waals surface area contributed by atoms with Gasteiger partial charge in [0.05, 0.1) is 0 Å². The second kappa shape index (κ2) is 9.23. The van der Waals surface area contributed by atoms with E-state index < -0.39 is 17.8 Å². The fourth-order valence-electron chi connectivity index (χ4n) is 1.97. The van der Waals surface area contributed by atoms with Gasteiger partial charge in [0, 0.05) is 38.7 Å². The zero-order chi connectivity index (χ0) is 15.7. The third kappa shape index (κ3) is 6.48. The Kier molecular flexibility index (Phi) is 7.60. The van der Waals surface area contributed by atoms with Gasteiger partial charge in [-0.05, 0) is 19.3 Å². The molecule has 1 N–H and O–H groups in total. The van der Waals surface area contributed by atoms with Crippen LogP contribution in [0, 0.1) is 0 Å². The number of unbranched alkanes of at least 4 members (excludes halogenated alkanes) is 2. The van der Waals surface area contributed by atoms with Gasteiger partial charge in [-0.1, -0.05) is 6.42 Å². The summed E-state index contributed by atoms with van der Waals surface area (Å²) in [5, 5.41) is 9.11. The van der Waals surface area contributed by atoms with Crippen molar-refractivity contribution in [3.05, 3.63) is 0 Å². The van der Waals surface area contributed by atoms with Gasteiger partial charge in [-0.3, -0.25) is 14.4 Å². The standard InChI is InChI=1S/C14H21NO6/c16-10-3-1-2-5-11(17)6-4-7-14(20)21-15-12(18)8-9-13(15)19/h16H,1-10H2. The Labute approximate surface area is 123 Å². The molecule has 1 rings (SSSR count). The normalized spacial score (nSPS) is 14.6. The van der Waals surface area contributed by atoms with Crippen LogP contribution in [0.1, 0.15) is 57.8 Å². The maximum atomic E-state index is 11.5. The Bertz CT molecular complexity index is 390. The number of nitrogens with zero attached hydrogens (tertiary/aromatic N) is 1. The summed E-state index contributed by atoms with van der Waals surface area (Å²) in [5.41, 5.74) is 0. The molecule has 0 radical (unpaired) electrons. The van der Waals surface area contributed by atoms with Crippen LogP contribution in [-0.2, 0) is 24.0 Å². The number of aliphatic hydroxyl groups is 1. The average Bonchev–Trinajstić information content (AvgIpc) is 2.75. The van der Waals surface area contributed by atoms with Crippen LogP contribution >= 0.6 is 0 Å². The molecular formula is C14H21NO6. The molecule has 0 aliphatic carbocycles. The third-order valence-corrected chi connectivity index (χ3v) is 3.15. The fourth-order valence-corrected chi connectivity index (χ4v) is 1.97. The number of Topliss-reactive ketones (excluding diaryl/α,β-unsaturated/α-hetero) is 1. The summed E-state index contributed by atoms with van der Waals surface area (Å²) in [6, 6.07) is 0. The zero-order valence-electron chi connectivity index (χ0n) is 12.0. The molecule has 0 spiro atoms. The molecule has 0 aromatic rings. The van der Waals surface area contributed by atoms with Crippen molar-refractivity contribution in [1.29, 1.82) is 0 Å². The monoisotopic (exact) mass is 299 g/mol. The average molecular weight is 299 g/mol. The van der Waals surface area contributed by atoms with Gasteiger partial charge < -0.3 is 9.94 Å². The predicted octanol–water partition coefficient (Wildman–Crippen LogP) is 0.886. The van der Waals surface area contributed by atoms with Crippen LogP contribution in [-0.4, -0.2) is 40.3 Å². The third-order valence-electron chi connectivity index (χ3n) is 3.15. The maximum Gasteiger partial charge on any atom is 0.333 e. The SMILES string of the molecule is O=C(CCCCCO)CCCC(=O)ON1C(=O)CCC1=O. The van der Waals surface area contributed by atoms with Crippen molar-refractivity contribution in [3.63, 3.8) is 0 Å². The van der Waals surface area contributed by atoms with Crippen molar-refractivity contribution in [2.45, 2.75) is 57.8 Å². The van der Waals surface area contributed by atoms with E-state index in [2.05, 4.69) is 4.84 Å². The Hall–Kier alpha value is -1.76. The number of aliphatic hydroxyl groups excluding tert-OH is 1. The molecule has 7 heteroatoms. The summed E-state index contributed by atoms with van der Waals surface area (Å²) in [4.78, 5) is 50.1. The Morgan fingerprint density at radius 2 is 1.57 bits per heavy atom. The van der Waals surface area contributed by atoms with E-state index in [9.17, 15) is 19.2 Å². The van der Waals surface area contributed by atoms with E-state index in [-0.39, 0.29) is 38.1 Å². The first kappa shape index (κ1) is 17.3. The molecule has 1 saturated heterocycles.